The minimum atomic E-state index is -1.14. The third-order valence-electron chi connectivity index (χ3n) is 5.06. The van der Waals surface area contributed by atoms with Gasteiger partial charge in [0.25, 0.3) is 5.91 Å². The van der Waals surface area contributed by atoms with E-state index in [1.807, 2.05) is 26.0 Å². The van der Waals surface area contributed by atoms with Crippen LogP contribution in [0.15, 0.2) is 42.5 Å². The first-order valence-electron chi connectivity index (χ1n) is 9.75. The number of fused-ring (bicyclic) bond motifs is 1. The average molecular weight is 410 g/mol. The molecule has 0 fully saturated rings. The van der Waals surface area contributed by atoms with Crippen LogP contribution in [0.5, 0.6) is 5.75 Å². The van der Waals surface area contributed by atoms with Crippen LogP contribution in [0.1, 0.15) is 31.9 Å². The fraction of sp³-hybridized carbons (Fsp3) is 0.348. The van der Waals surface area contributed by atoms with E-state index in [0.29, 0.717) is 17.1 Å². The van der Waals surface area contributed by atoms with Gasteiger partial charge in [0.1, 0.15) is 11.3 Å². The molecule has 7 heteroatoms. The molecule has 2 aromatic carbocycles. The highest BCUT2D eigenvalue weighted by Crippen LogP contribution is 2.37. The van der Waals surface area contributed by atoms with Crippen molar-refractivity contribution in [2.24, 2.45) is 0 Å². The molecule has 0 unspecified atom stereocenters. The monoisotopic (exact) mass is 410 g/mol. The quantitative estimate of drug-likeness (QED) is 0.764. The van der Waals surface area contributed by atoms with Crippen LogP contribution in [0, 0.1) is 13.8 Å². The first-order chi connectivity index (χ1) is 14.1. The Bertz CT molecular complexity index is 999. The van der Waals surface area contributed by atoms with E-state index in [1.54, 1.807) is 44.2 Å². The lowest BCUT2D eigenvalue weighted by Gasteiger charge is -2.42. The minimum absolute atomic E-state index is 0.314. The number of hydrogen-bond acceptors (Lipinski definition) is 5. The molecule has 158 valence electrons. The molecule has 0 aliphatic carbocycles. The maximum absolute atomic E-state index is 13.2. The van der Waals surface area contributed by atoms with E-state index in [2.05, 4.69) is 5.32 Å². The Labute approximate surface area is 176 Å². The molecule has 7 nitrogen and oxygen atoms in total. The average Bonchev–Trinajstić information content (AvgIpc) is 2.67. The maximum atomic E-state index is 13.2. The summed E-state index contributed by atoms with van der Waals surface area (Å²) in [5, 5.41) is 2.80. The smallest absolute Gasteiger partial charge is 0.344 e. The molecule has 1 aliphatic heterocycles. The third kappa shape index (κ3) is 4.15. The van der Waals surface area contributed by atoms with Gasteiger partial charge in [-0.15, -0.1) is 0 Å². The summed E-state index contributed by atoms with van der Waals surface area (Å²) in [5.41, 5.74) is 1.95. The van der Waals surface area contributed by atoms with Gasteiger partial charge in [-0.25, -0.2) is 4.79 Å². The van der Waals surface area contributed by atoms with Crippen molar-refractivity contribution in [3.05, 3.63) is 53.6 Å². The Hall–Kier alpha value is -3.35. The summed E-state index contributed by atoms with van der Waals surface area (Å²) in [6.07, 6.45) is -1.08. The van der Waals surface area contributed by atoms with Gasteiger partial charge in [0.15, 0.2) is 12.7 Å². The van der Waals surface area contributed by atoms with Crippen LogP contribution in [0.4, 0.5) is 11.4 Å². The molecule has 3 rings (SSSR count). The van der Waals surface area contributed by atoms with Crippen molar-refractivity contribution in [1.29, 1.82) is 0 Å². The van der Waals surface area contributed by atoms with Crippen LogP contribution < -0.4 is 15.0 Å². The molecule has 0 spiro atoms. The number of nitrogens with zero attached hydrogens (tertiary/aromatic N) is 1. The number of amides is 2. The van der Waals surface area contributed by atoms with Crippen molar-refractivity contribution in [3.8, 4) is 5.75 Å². The third-order valence-corrected chi connectivity index (χ3v) is 5.06. The number of carbonyl (C=O) groups excluding carboxylic acids is 3. The summed E-state index contributed by atoms with van der Waals surface area (Å²) in [6.45, 7) is 8.33. The Morgan fingerprint density at radius 1 is 1.13 bits per heavy atom. The van der Waals surface area contributed by atoms with E-state index in [1.165, 1.54) is 11.8 Å². The molecule has 0 radical (unpaired) electrons. The predicted molar refractivity (Wildman–Crippen MR) is 114 cm³/mol. The number of esters is 1. The van der Waals surface area contributed by atoms with Gasteiger partial charge in [-0.1, -0.05) is 29.8 Å². The van der Waals surface area contributed by atoms with E-state index < -0.39 is 23.5 Å². The van der Waals surface area contributed by atoms with Crippen LogP contribution in [0.25, 0.3) is 0 Å². The topological polar surface area (TPSA) is 84.9 Å². The zero-order valence-electron chi connectivity index (χ0n) is 17.8. The minimum Gasteiger partial charge on any atom is -0.482 e. The van der Waals surface area contributed by atoms with Gasteiger partial charge in [0.05, 0.1) is 11.4 Å². The summed E-state index contributed by atoms with van der Waals surface area (Å²) in [5.74, 6) is -0.879. The predicted octanol–water partition coefficient (Wildman–Crippen LogP) is 3.38. The van der Waals surface area contributed by atoms with E-state index >= 15 is 0 Å². The molecular weight excluding hydrogens is 384 g/mol. The van der Waals surface area contributed by atoms with Crippen LogP contribution in [0.2, 0.25) is 0 Å². The summed E-state index contributed by atoms with van der Waals surface area (Å²) < 4.78 is 10.8. The van der Waals surface area contributed by atoms with Gasteiger partial charge >= 0.3 is 5.97 Å². The molecule has 1 atom stereocenters. The molecule has 0 aromatic heterocycles. The molecule has 2 aromatic rings. The molecule has 1 aliphatic rings. The van der Waals surface area contributed by atoms with Crippen LogP contribution >= 0.6 is 0 Å². The highest BCUT2D eigenvalue weighted by molar-refractivity contribution is 6.15. The lowest BCUT2D eigenvalue weighted by Crippen LogP contribution is -2.60. The molecule has 2 amide bonds. The molecule has 0 saturated heterocycles. The summed E-state index contributed by atoms with van der Waals surface area (Å²) in [4.78, 5) is 39.3. The number of hydrogen-bond donors (Lipinski definition) is 1. The van der Waals surface area contributed by atoms with Crippen molar-refractivity contribution in [2.45, 2.75) is 46.3 Å². The molecular formula is C23H26N2O5. The number of ether oxygens (including phenoxy) is 2. The molecule has 1 heterocycles. The maximum Gasteiger partial charge on any atom is 0.344 e. The van der Waals surface area contributed by atoms with E-state index in [9.17, 15) is 14.4 Å². The van der Waals surface area contributed by atoms with Crippen molar-refractivity contribution in [1.82, 2.24) is 0 Å². The highest BCUT2D eigenvalue weighted by atomic mass is 16.6. The zero-order chi connectivity index (χ0) is 22.1. The van der Waals surface area contributed by atoms with Gasteiger partial charge in [-0.3, -0.25) is 14.5 Å². The van der Waals surface area contributed by atoms with Crippen LogP contribution in [0.3, 0.4) is 0 Å². The van der Waals surface area contributed by atoms with Crippen molar-refractivity contribution < 1.29 is 23.9 Å². The van der Waals surface area contributed by atoms with Gasteiger partial charge in [-0.05, 0) is 58.4 Å². The second-order valence-corrected chi connectivity index (χ2v) is 7.89. The number of aryl methyl sites for hydroxylation is 2. The number of benzene rings is 2. The zero-order valence-corrected chi connectivity index (χ0v) is 17.8. The standard InChI is InChI=1S/C23H26N2O5/c1-14-10-11-19(15(2)12-14)29-13-20(26)30-16(3)21(27)25-18-9-7-6-8-17(18)24-22(28)23(25,4)5/h6-12,16H,13H2,1-5H3,(H,24,28)/t16-/m1/s1. The summed E-state index contributed by atoms with van der Waals surface area (Å²) >= 11 is 0. The van der Waals surface area contributed by atoms with E-state index in [0.717, 1.165) is 11.1 Å². The van der Waals surface area contributed by atoms with Crippen molar-refractivity contribution in [2.75, 3.05) is 16.8 Å². The Morgan fingerprint density at radius 3 is 2.53 bits per heavy atom. The van der Waals surface area contributed by atoms with Gasteiger partial charge in [0, 0.05) is 0 Å². The first kappa shape index (κ1) is 21.4. The number of rotatable bonds is 5. The lowest BCUT2D eigenvalue weighted by molar-refractivity contribution is -0.156. The van der Waals surface area contributed by atoms with Crippen molar-refractivity contribution >= 4 is 29.2 Å². The van der Waals surface area contributed by atoms with Gasteiger partial charge in [-0.2, -0.15) is 0 Å². The number of nitrogens with one attached hydrogen (secondary N) is 1. The Balaban J connectivity index is 1.70. The van der Waals surface area contributed by atoms with Crippen LogP contribution in [-0.4, -0.2) is 36.0 Å². The largest absolute Gasteiger partial charge is 0.482 e. The highest BCUT2D eigenvalue weighted by Gasteiger charge is 2.45. The second-order valence-electron chi connectivity index (χ2n) is 7.89. The SMILES string of the molecule is Cc1ccc(OCC(=O)O[C@H](C)C(=O)N2c3ccccc3NC(=O)C2(C)C)c(C)c1. The fourth-order valence-electron chi connectivity index (χ4n) is 3.41. The number of anilines is 2. The number of para-hydroxylation sites is 2. The normalized spacial score (nSPS) is 15.6. The van der Waals surface area contributed by atoms with E-state index in [4.69, 9.17) is 9.47 Å². The van der Waals surface area contributed by atoms with Gasteiger partial charge < -0.3 is 14.8 Å². The van der Waals surface area contributed by atoms with E-state index in [-0.39, 0.29) is 12.5 Å². The Kier molecular flexibility index (Phi) is 5.82. The second kappa shape index (κ2) is 8.18. The molecule has 0 bridgehead atoms. The molecule has 30 heavy (non-hydrogen) atoms. The lowest BCUT2D eigenvalue weighted by atomic mass is 9.95. The first-order valence-corrected chi connectivity index (χ1v) is 9.75. The van der Waals surface area contributed by atoms with Crippen LogP contribution in [-0.2, 0) is 19.1 Å². The summed E-state index contributed by atoms with van der Waals surface area (Å²) in [7, 11) is 0. The molecule has 1 N–H and O–H groups in total. The summed E-state index contributed by atoms with van der Waals surface area (Å²) in [6, 6.07) is 12.6. The fourth-order valence-corrected chi connectivity index (χ4v) is 3.41. The number of carbonyl (C=O) groups is 3. The van der Waals surface area contributed by atoms with Gasteiger partial charge in [0.2, 0.25) is 5.91 Å². The van der Waals surface area contributed by atoms with Crippen molar-refractivity contribution in [3.63, 3.8) is 0 Å². The Morgan fingerprint density at radius 2 is 1.83 bits per heavy atom. The molecule has 0 saturated carbocycles.